The van der Waals surface area contributed by atoms with Crippen LogP contribution >= 0.6 is 11.3 Å². The van der Waals surface area contributed by atoms with Gasteiger partial charge in [-0.05, 0) is 35.0 Å². The number of pyridine rings is 1. The number of benzene rings is 3. The van der Waals surface area contributed by atoms with Gasteiger partial charge >= 0.3 is 0 Å². The van der Waals surface area contributed by atoms with Crippen molar-refractivity contribution in [2.45, 2.75) is 6.54 Å². The van der Waals surface area contributed by atoms with E-state index < -0.39 is 0 Å². The third-order valence-electron chi connectivity index (χ3n) is 4.90. The Morgan fingerprint density at radius 3 is 2.68 bits per heavy atom. The Morgan fingerprint density at radius 2 is 1.79 bits per heavy atom. The molecule has 0 N–H and O–H groups in total. The van der Waals surface area contributed by atoms with Gasteiger partial charge in [0.1, 0.15) is 5.01 Å². The SMILES string of the molecule is CN(Cc1nc2ccccc2s1)C(=O)c1cc2ccccc2c2cccnc12. The lowest BCUT2D eigenvalue weighted by molar-refractivity contribution is 0.0787. The van der Waals surface area contributed by atoms with Crippen LogP contribution in [-0.2, 0) is 6.54 Å². The minimum absolute atomic E-state index is 0.0475. The Balaban J connectivity index is 1.55. The van der Waals surface area contributed by atoms with Crippen LogP contribution in [-0.4, -0.2) is 27.8 Å². The molecule has 0 saturated carbocycles. The Hall–Kier alpha value is -3.31. The van der Waals surface area contributed by atoms with Crippen molar-refractivity contribution in [1.29, 1.82) is 0 Å². The monoisotopic (exact) mass is 383 g/mol. The van der Waals surface area contributed by atoms with Gasteiger partial charge in [0.05, 0.1) is 27.8 Å². The molecule has 3 aromatic carbocycles. The number of para-hydroxylation sites is 1. The summed E-state index contributed by atoms with van der Waals surface area (Å²) in [6.07, 6.45) is 1.74. The van der Waals surface area contributed by atoms with E-state index >= 15 is 0 Å². The van der Waals surface area contributed by atoms with Gasteiger partial charge in [0, 0.05) is 18.6 Å². The minimum atomic E-state index is -0.0475. The molecule has 2 heterocycles. The van der Waals surface area contributed by atoms with Gasteiger partial charge in [-0.25, -0.2) is 4.98 Å². The van der Waals surface area contributed by atoms with Crippen LogP contribution in [0.1, 0.15) is 15.4 Å². The molecule has 0 aliphatic rings. The predicted octanol–water partition coefficient (Wildman–Crippen LogP) is 5.27. The maximum absolute atomic E-state index is 13.3. The van der Waals surface area contributed by atoms with Gasteiger partial charge < -0.3 is 4.90 Å². The summed E-state index contributed by atoms with van der Waals surface area (Å²) >= 11 is 1.62. The van der Waals surface area contributed by atoms with Crippen molar-refractivity contribution < 1.29 is 4.79 Å². The van der Waals surface area contributed by atoms with Gasteiger partial charge in [-0.2, -0.15) is 0 Å². The molecule has 0 bridgehead atoms. The fraction of sp³-hybridized carbons (Fsp3) is 0.0870. The zero-order valence-electron chi connectivity index (χ0n) is 15.3. The van der Waals surface area contributed by atoms with Gasteiger partial charge in [-0.1, -0.05) is 42.5 Å². The van der Waals surface area contributed by atoms with E-state index in [9.17, 15) is 4.79 Å². The molecule has 28 heavy (non-hydrogen) atoms. The van der Waals surface area contributed by atoms with E-state index in [2.05, 4.69) is 22.1 Å². The number of carbonyl (C=O) groups is 1. The van der Waals surface area contributed by atoms with Gasteiger partial charge in [-0.3, -0.25) is 9.78 Å². The topological polar surface area (TPSA) is 46.1 Å². The number of hydrogen-bond acceptors (Lipinski definition) is 4. The number of thiazole rings is 1. The van der Waals surface area contributed by atoms with Crippen molar-refractivity contribution in [2.24, 2.45) is 0 Å². The lowest BCUT2D eigenvalue weighted by atomic mass is 10.00. The summed E-state index contributed by atoms with van der Waals surface area (Å²) in [5, 5.41) is 4.07. The van der Waals surface area contributed by atoms with Crippen LogP contribution in [0.2, 0.25) is 0 Å². The zero-order valence-corrected chi connectivity index (χ0v) is 16.1. The van der Waals surface area contributed by atoms with Crippen molar-refractivity contribution in [1.82, 2.24) is 14.9 Å². The first-order chi connectivity index (χ1) is 13.7. The summed E-state index contributed by atoms with van der Waals surface area (Å²) in [7, 11) is 1.82. The molecule has 2 aromatic heterocycles. The maximum atomic E-state index is 13.3. The number of fused-ring (bicyclic) bond motifs is 4. The fourth-order valence-electron chi connectivity index (χ4n) is 3.56. The molecule has 0 saturated heterocycles. The molecule has 4 nitrogen and oxygen atoms in total. The molecule has 0 fully saturated rings. The first-order valence-electron chi connectivity index (χ1n) is 9.07. The number of aromatic nitrogens is 2. The van der Waals surface area contributed by atoms with Gasteiger partial charge in [-0.15, -0.1) is 11.3 Å². The second kappa shape index (κ2) is 6.69. The van der Waals surface area contributed by atoms with E-state index in [0.29, 0.717) is 12.1 Å². The van der Waals surface area contributed by atoms with Crippen molar-refractivity contribution in [3.63, 3.8) is 0 Å². The largest absolute Gasteiger partial charge is 0.335 e. The molecule has 1 amide bonds. The standard InChI is InChI=1S/C23H17N3OS/c1-26(14-21-25-19-10-4-5-11-20(19)28-21)23(27)18-13-15-7-2-3-8-16(15)17-9-6-12-24-22(17)18/h2-13H,14H2,1H3. The molecule has 136 valence electrons. The molecule has 5 aromatic rings. The Labute approximate surface area is 166 Å². The summed E-state index contributed by atoms with van der Waals surface area (Å²) < 4.78 is 1.14. The van der Waals surface area contributed by atoms with E-state index in [0.717, 1.165) is 36.9 Å². The van der Waals surface area contributed by atoms with Gasteiger partial charge in [0.25, 0.3) is 5.91 Å². The lowest BCUT2D eigenvalue weighted by Crippen LogP contribution is -2.26. The van der Waals surface area contributed by atoms with Crippen molar-refractivity contribution in [2.75, 3.05) is 7.05 Å². The molecule has 5 heteroatoms. The van der Waals surface area contributed by atoms with Gasteiger partial charge in [0.2, 0.25) is 0 Å². The Morgan fingerprint density at radius 1 is 1.00 bits per heavy atom. The highest BCUT2D eigenvalue weighted by molar-refractivity contribution is 7.18. The molecular weight excluding hydrogens is 366 g/mol. The summed E-state index contributed by atoms with van der Waals surface area (Å²) in [6.45, 7) is 0.472. The Bertz CT molecular complexity index is 1310. The number of carbonyl (C=O) groups excluding carboxylic acids is 1. The smallest absolute Gasteiger partial charge is 0.256 e. The Kier molecular flexibility index (Phi) is 4.02. The number of nitrogens with zero attached hydrogens (tertiary/aromatic N) is 3. The summed E-state index contributed by atoms with van der Waals surface area (Å²) in [5.41, 5.74) is 2.33. The summed E-state index contributed by atoms with van der Waals surface area (Å²) in [5.74, 6) is -0.0475. The van der Waals surface area contributed by atoms with Crippen LogP contribution in [0, 0.1) is 0 Å². The third-order valence-corrected chi connectivity index (χ3v) is 5.92. The van der Waals surface area contributed by atoms with Crippen molar-refractivity contribution in [3.05, 3.63) is 83.5 Å². The van der Waals surface area contributed by atoms with Gasteiger partial charge in [0.15, 0.2) is 0 Å². The van der Waals surface area contributed by atoms with Crippen LogP contribution in [0.4, 0.5) is 0 Å². The lowest BCUT2D eigenvalue weighted by Gasteiger charge is -2.17. The number of amides is 1. The van der Waals surface area contributed by atoms with E-state index in [4.69, 9.17) is 0 Å². The third kappa shape index (κ3) is 2.80. The second-order valence-corrected chi connectivity index (χ2v) is 7.90. The highest BCUT2D eigenvalue weighted by atomic mass is 32.1. The first kappa shape index (κ1) is 16.8. The quantitative estimate of drug-likeness (QED) is 0.399. The van der Waals surface area contributed by atoms with E-state index in [1.807, 2.05) is 61.6 Å². The zero-order chi connectivity index (χ0) is 19.1. The van der Waals surface area contributed by atoms with Crippen LogP contribution in [0.15, 0.2) is 72.9 Å². The molecule has 5 rings (SSSR count). The summed E-state index contributed by atoms with van der Waals surface area (Å²) in [4.78, 5) is 24.2. The molecule has 0 unspecified atom stereocenters. The van der Waals surface area contributed by atoms with E-state index in [1.54, 1.807) is 22.4 Å². The maximum Gasteiger partial charge on any atom is 0.256 e. The normalized spacial score (nSPS) is 11.3. The number of hydrogen-bond donors (Lipinski definition) is 0. The first-order valence-corrected chi connectivity index (χ1v) is 9.89. The average molecular weight is 383 g/mol. The van der Waals surface area contributed by atoms with Crippen molar-refractivity contribution in [3.8, 4) is 0 Å². The van der Waals surface area contributed by atoms with E-state index in [1.165, 1.54) is 0 Å². The van der Waals surface area contributed by atoms with Crippen LogP contribution in [0.25, 0.3) is 31.9 Å². The highest BCUT2D eigenvalue weighted by Crippen LogP contribution is 2.29. The van der Waals surface area contributed by atoms with Crippen LogP contribution < -0.4 is 0 Å². The predicted molar refractivity (Wildman–Crippen MR) is 115 cm³/mol. The van der Waals surface area contributed by atoms with E-state index in [-0.39, 0.29) is 5.91 Å². The molecule has 0 aliphatic carbocycles. The number of rotatable bonds is 3. The summed E-state index contributed by atoms with van der Waals surface area (Å²) in [6, 6.07) is 22.0. The molecule has 0 aliphatic heterocycles. The second-order valence-electron chi connectivity index (χ2n) is 6.78. The fourth-order valence-corrected chi connectivity index (χ4v) is 4.58. The highest BCUT2D eigenvalue weighted by Gasteiger charge is 2.19. The van der Waals surface area contributed by atoms with Crippen LogP contribution in [0.3, 0.4) is 0 Å². The molecule has 0 atom stereocenters. The molecule has 0 radical (unpaired) electrons. The van der Waals surface area contributed by atoms with Crippen LogP contribution in [0.5, 0.6) is 0 Å². The van der Waals surface area contributed by atoms with Crippen molar-refractivity contribution >= 4 is 49.1 Å². The molecule has 0 spiro atoms. The average Bonchev–Trinajstić information content (AvgIpc) is 3.15. The minimum Gasteiger partial charge on any atom is -0.335 e. The molecular formula is C23H17N3OS.